The fraction of sp³-hybridized carbons (Fsp3) is 0.111. The zero-order valence-corrected chi connectivity index (χ0v) is 10.6. The van der Waals surface area contributed by atoms with Crippen LogP contribution in [-0.2, 0) is 9.84 Å². The van der Waals surface area contributed by atoms with E-state index in [1.165, 1.54) is 0 Å². The fourth-order valence-electron chi connectivity index (χ4n) is 1.13. The van der Waals surface area contributed by atoms with E-state index in [9.17, 15) is 8.42 Å². The summed E-state index contributed by atoms with van der Waals surface area (Å²) in [6, 6.07) is 3.55. The minimum absolute atomic E-state index is 0.0198. The average Bonchev–Trinajstić information content (AvgIpc) is 2.61. The highest BCUT2D eigenvalue weighted by Crippen LogP contribution is 2.33. The first-order chi connectivity index (χ1) is 7.48. The molecule has 0 spiro atoms. The van der Waals surface area contributed by atoms with Crippen molar-refractivity contribution >= 4 is 32.8 Å². The van der Waals surface area contributed by atoms with Gasteiger partial charge in [0.25, 0.3) is 0 Å². The third kappa shape index (κ3) is 2.23. The molecule has 2 rings (SSSR count). The molecule has 2 heterocycles. The van der Waals surface area contributed by atoms with Gasteiger partial charge in [0, 0.05) is 24.2 Å². The Labute approximate surface area is 102 Å². The van der Waals surface area contributed by atoms with Gasteiger partial charge in [0.2, 0.25) is 0 Å². The number of hydrogen-bond acceptors (Lipinski definition) is 5. The first-order valence-electron chi connectivity index (χ1n) is 4.25. The quantitative estimate of drug-likeness (QED) is 0.843. The maximum atomic E-state index is 11.4. The summed E-state index contributed by atoms with van der Waals surface area (Å²) in [5.74, 6) is 0. The van der Waals surface area contributed by atoms with E-state index in [4.69, 9.17) is 11.6 Å². The van der Waals surface area contributed by atoms with E-state index in [1.54, 1.807) is 24.5 Å². The summed E-state index contributed by atoms with van der Waals surface area (Å²) in [5, 5.41) is 0.574. The first-order valence-corrected chi connectivity index (χ1v) is 7.34. The summed E-state index contributed by atoms with van der Waals surface area (Å²) >= 11 is 6.83. The SMILES string of the molecule is CS(=O)(=O)c1sc(-c2cccnc2)nc1Cl. The van der Waals surface area contributed by atoms with Crippen molar-refractivity contribution in [1.29, 1.82) is 0 Å². The lowest BCUT2D eigenvalue weighted by Crippen LogP contribution is -1.93. The molecular weight excluding hydrogens is 268 g/mol. The van der Waals surface area contributed by atoms with Crippen LogP contribution in [0.5, 0.6) is 0 Å². The normalized spacial score (nSPS) is 11.6. The van der Waals surface area contributed by atoms with Gasteiger partial charge in [-0.1, -0.05) is 11.6 Å². The maximum Gasteiger partial charge on any atom is 0.188 e. The predicted molar refractivity (Wildman–Crippen MR) is 63.5 cm³/mol. The van der Waals surface area contributed by atoms with E-state index in [1.807, 2.05) is 0 Å². The van der Waals surface area contributed by atoms with Crippen molar-refractivity contribution in [3.8, 4) is 10.6 Å². The zero-order chi connectivity index (χ0) is 11.8. The Morgan fingerprint density at radius 3 is 2.69 bits per heavy atom. The second kappa shape index (κ2) is 4.12. The van der Waals surface area contributed by atoms with Gasteiger partial charge in [0.1, 0.15) is 5.01 Å². The van der Waals surface area contributed by atoms with E-state index in [0.29, 0.717) is 5.01 Å². The number of halogens is 1. The highest BCUT2D eigenvalue weighted by molar-refractivity contribution is 7.93. The van der Waals surface area contributed by atoms with Crippen LogP contribution < -0.4 is 0 Å². The minimum atomic E-state index is -3.32. The molecule has 0 aliphatic rings. The predicted octanol–water partition coefficient (Wildman–Crippen LogP) is 2.26. The van der Waals surface area contributed by atoms with Crippen LogP contribution in [0.2, 0.25) is 5.15 Å². The van der Waals surface area contributed by atoms with E-state index >= 15 is 0 Å². The van der Waals surface area contributed by atoms with E-state index in [2.05, 4.69) is 9.97 Å². The molecule has 0 atom stereocenters. The van der Waals surface area contributed by atoms with Gasteiger partial charge in [-0.3, -0.25) is 4.98 Å². The zero-order valence-electron chi connectivity index (χ0n) is 8.21. The second-order valence-electron chi connectivity index (χ2n) is 3.11. The Kier molecular flexibility index (Phi) is 2.96. The molecule has 0 aromatic carbocycles. The van der Waals surface area contributed by atoms with Crippen molar-refractivity contribution < 1.29 is 8.42 Å². The Hall–Kier alpha value is -0.980. The standard InChI is InChI=1S/C9H7ClN2O2S2/c1-16(13,14)9-7(10)12-8(15-9)6-3-2-4-11-5-6/h2-5H,1H3. The maximum absolute atomic E-state index is 11.4. The summed E-state index contributed by atoms with van der Waals surface area (Å²) in [5.41, 5.74) is 0.754. The van der Waals surface area contributed by atoms with Crippen molar-refractivity contribution in [2.24, 2.45) is 0 Å². The molecule has 84 valence electrons. The molecule has 0 unspecified atom stereocenters. The molecule has 0 fully saturated rings. The molecule has 0 saturated heterocycles. The summed E-state index contributed by atoms with van der Waals surface area (Å²) in [6.07, 6.45) is 4.36. The van der Waals surface area contributed by atoms with Gasteiger partial charge in [0.15, 0.2) is 19.2 Å². The molecule has 2 aromatic rings. The average molecular weight is 275 g/mol. The Bertz CT molecular complexity index is 608. The molecule has 0 saturated carbocycles. The molecule has 16 heavy (non-hydrogen) atoms. The van der Waals surface area contributed by atoms with E-state index < -0.39 is 9.84 Å². The number of pyridine rings is 1. The molecule has 0 amide bonds. The van der Waals surface area contributed by atoms with Gasteiger partial charge < -0.3 is 0 Å². The lowest BCUT2D eigenvalue weighted by Gasteiger charge is -1.92. The highest BCUT2D eigenvalue weighted by atomic mass is 35.5. The van der Waals surface area contributed by atoms with Crippen LogP contribution in [0.3, 0.4) is 0 Å². The monoisotopic (exact) mass is 274 g/mol. The van der Waals surface area contributed by atoms with Gasteiger partial charge in [-0.25, -0.2) is 13.4 Å². The molecular formula is C9H7ClN2O2S2. The molecule has 0 aliphatic heterocycles. The number of sulfone groups is 1. The number of rotatable bonds is 2. The summed E-state index contributed by atoms with van der Waals surface area (Å²) in [6.45, 7) is 0. The van der Waals surface area contributed by atoms with Crippen molar-refractivity contribution in [1.82, 2.24) is 9.97 Å². The third-order valence-electron chi connectivity index (χ3n) is 1.80. The topological polar surface area (TPSA) is 59.9 Å². The number of aromatic nitrogens is 2. The summed E-state index contributed by atoms with van der Waals surface area (Å²) in [4.78, 5) is 7.95. The van der Waals surface area contributed by atoms with Crippen LogP contribution in [0, 0.1) is 0 Å². The number of thiazole rings is 1. The van der Waals surface area contributed by atoms with Crippen molar-refractivity contribution in [2.75, 3.05) is 6.26 Å². The smallest absolute Gasteiger partial charge is 0.188 e. The molecule has 0 bridgehead atoms. The van der Waals surface area contributed by atoms with E-state index in [-0.39, 0.29) is 9.36 Å². The lowest BCUT2D eigenvalue weighted by atomic mass is 10.3. The van der Waals surface area contributed by atoms with Gasteiger partial charge in [0.05, 0.1) is 0 Å². The van der Waals surface area contributed by atoms with Crippen molar-refractivity contribution in [3.05, 3.63) is 29.7 Å². The van der Waals surface area contributed by atoms with Crippen LogP contribution in [0.1, 0.15) is 0 Å². The molecule has 2 aromatic heterocycles. The second-order valence-corrected chi connectivity index (χ2v) is 6.68. The van der Waals surface area contributed by atoms with Crippen molar-refractivity contribution in [3.63, 3.8) is 0 Å². The van der Waals surface area contributed by atoms with Gasteiger partial charge in [-0.15, -0.1) is 11.3 Å². The Morgan fingerprint density at radius 2 is 2.19 bits per heavy atom. The van der Waals surface area contributed by atoms with Crippen LogP contribution in [-0.4, -0.2) is 24.6 Å². The number of hydrogen-bond donors (Lipinski definition) is 0. The van der Waals surface area contributed by atoms with Crippen LogP contribution >= 0.6 is 22.9 Å². The molecule has 4 nitrogen and oxygen atoms in total. The Balaban J connectivity index is 2.55. The van der Waals surface area contributed by atoms with Gasteiger partial charge in [-0.2, -0.15) is 0 Å². The highest BCUT2D eigenvalue weighted by Gasteiger charge is 2.19. The first kappa shape index (κ1) is 11.5. The minimum Gasteiger partial charge on any atom is -0.264 e. The molecule has 0 radical (unpaired) electrons. The molecule has 0 aliphatic carbocycles. The van der Waals surface area contributed by atoms with Gasteiger partial charge >= 0.3 is 0 Å². The lowest BCUT2D eigenvalue weighted by molar-refractivity contribution is 0.603. The molecule has 7 heteroatoms. The van der Waals surface area contributed by atoms with Crippen LogP contribution in [0.25, 0.3) is 10.6 Å². The summed E-state index contributed by atoms with van der Waals surface area (Å²) < 4.78 is 22.8. The fourth-order valence-corrected chi connectivity index (χ4v) is 3.67. The van der Waals surface area contributed by atoms with Crippen LogP contribution in [0.15, 0.2) is 28.7 Å². The van der Waals surface area contributed by atoms with E-state index in [0.717, 1.165) is 23.2 Å². The third-order valence-corrected chi connectivity index (χ3v) is 5.22. The largest absolute Gasteiger partial charge is 0.264 e. The van der Waals surface area contributed by atoms with Crippen molar-refractivity contribution in [2.45, 2.75) is 4.21 Å². The molecule has 0 N–H and O–H groups in total. The summed E-state index contributed by atoms with van der Waals surface area (Å²) in [7, 11) is -3.32. The van der Waals surface area contributed by atoms with Crippen LogP contribution in [0.4, 0.5) is 0 Å². The number of nitrogens with zero attached hydrogens (tertiary/aromatic N) is 2. The Morgan fingerprint density at radius 1 is 1.44 bits per heavy atom. The van der Waals surface area contributed by atoms with Gasteiger partial charge in [-0.05, 0) is 12.1 Å².